The Labute approximate surface area is 141 Å². The molecular formula is C20H21NO3. The first-order valence-corrected chi connectivity index (χ1v) is 8.41. The van der Waals surface area contributed by atoms with Crippen molar-refractivity contribution in [2.24, 2.45) is 0 Å². The Bertz CT molecular complexity index is 732. The van der Waals surface area contributed by atoms with Crippen molar-refractivity contribution in [3.63, 3.8) is 0 Å². The largest absolute Gasteiger partial charge is 0.381 e. The predicted molar refractivity (Wildman–Crippen MR) is 90.9 cm³/mol. The van der Waals surface area contributed by atoms with Gasteiger partial charge >= 0.3 is 0 Å². The van der Waals surface area contributed by atoms with E-state index in [1.165, 1.54) is 0 Å². The van der Waals surface area contributed by atoms with Gasteiger partial charge in [-0.15, -0.1) is 0 Å². The minimum atomic E-state index is -0.923. The molecule has 4 rings (SSSR count). The maximum atomic E-state index is 12.7. The van der Waals surface area contributed by atoms with Crippen molar-refractivity contribution >= 4 is 5.91 Å². The van der Waals surface area contributed by atoms with E-state index in [4.69, 9.17) is 4.74 Å². The van der Waals surface area contributed by atoms with Gasteiger partial charge in [0.25, 0.3) is 5.91 Å². The maximum Gasteiger partial charge on any atom is 0.254 e. The van der Waals surface area contributed by atoms with Crippen molar-refractivity contribution in [1.29, 1.82) is 0 Å². The van der Waals surface area contributed by atoms with Gasteiger partial charge in [-0.25, -0.2) is 0 Å². The van der Waals surface area contributed by atoms with Crippen LogP contribution in [-0.4, -0.2) is 42.2 Å². The van der Waals surface area contributed by atoms with Crippen molar-refractivity contribution in [2.45, 2.75) is 17.9 Å². The number of carbonyl (C=O) groups is 1. The third-order valence-corrected chi connectivity index (χ3v) is 5.04. The van der Waals surface area contributed by atoms with Gasteiger partial charge in [0.1, 0.15) is 5.60 Å². The predicted octanol–water partition coefficient (Wildman–Crippen LogP) is 2.53. The molecule has 0 spiro atoms. The molecule has 0 bridgehead atoms. The summed E-state index contributed by atoms with van der Waals surface area (Å²) < 4.78 is 5.44. The molecule has 0 saturated carbocycles. The van der Waals surface area contributed by atoms with Gasteiger partial charge in [-0.1, -0.05) is 42.5 Å². The second kappa shape index (κ2) is 6.04. The van der Waals surface area contributed by atoms with E-state index in [9.17, 15) is 9.90 Å². The number of aliphatic hydroxyl groups is 1. The van der Waals surface area contributed by atoms with Crippen LogP contribution in [0.5, 0.6) is 0 Å². The highest BCUT2D eigenvalue weighted by Crippen LogP contribution is 2.33. The summed E-state index contributed by atoms with van der Waals surface area (Å²) in [7, 11) is 0. The Morgan fingerprint density at radius 2 is 1.92 bits per heavy atom. The molecule has 1 unspecified atom stereocenters. The van der Waals surface area contributed by atoms with E-state index in [1.807, 2.05) is 48.5 Å². The monoisotopic (exact) mass is 323 g/mol. The van der Waals surface area contributed by atoms with Crippen molar-refractivity contribution in [1.82, 2.24) is 4.90 Å². The average molecular weight is 323 g/mol. The number of benzene rings is 2. The number of likely N-dealkylation sites (tertiary alicyclic amines) is 1. The normalized spacial score (nSPS) is 22.2. The summed E-state index contributed by atoms with van der Waals surface area (Å²) in [5.74, 6) is 0.367. The second-order valence-electron chi connectivity index (χ2n) is 6.74. The fourth-order valence-electron chi connectivity index (χ4n) is 3.57. The Kier molecular flexibility index (Phi) is 3.87. The summed E-state index contributed by atoms with van der Waals surface area (Å²) >= 11 is 0. The van der Waals surface area contributed by atoms with E-state index in [0.717, 1.165) is 30.8 Å². The van der Waals surface area contributed by atoms with Crippen LogP contribution in [0.3, 0.4) is 0 Å². The lowest BCUT2D eigenvalue weighted by molar-refractivity contribution is -0.0863. The molecule has 0 aliphatic carbocycles. The molecule has 2 aliphatic heterocycles. The summed E-state index contributed by atoms with van der Waals surface area (Å²) in [4.78, 5) is 14.4. The first-order valence-electron chi connectivity index (χ1n) is 8.41. The smallest absolute Gasteiger partial charge is 0.254 e. The highest BCUT2D eigenvalue weighted by Gasteiger charge is 2.45. The van der Waals surface area contributed by atoms with Gasteiger partial charge in [-0.3, -0.25) is 4.79 Å². The van der Waals surface area contributed by atoms with Gasteiger partial charge in [-0.05, 0) is 29.7 Å². The molecule has 1 amide bonds. The maximum absolute atomic E-state index is 12.7. The quantitative estimate of drug-likeness (QED) is 0.944. The average Bonchev–Trinajstić information content (AvgIpc) is 3.14. The van der Waals surface area contributed by atoms with Gasteiger partial charge in [0.2, 0.25) is 0 Å². The van der Waals surface area contributed by atoms with Gasteiger partial charge < -0.3 is 14.7 Å². The topological polar surface area (TPSA) is 49.8 Å². The number of nitrogens with zero attached hydrogens (tertiary/aromatic N) is 1. The summed E-state index contributed by atoms with van der Waals surface area (Å²) in [6.07, 6.45) is 1.01. The molecule has 2 saturated heterocycles. The number of ether oxygens (including phenoxy) is 1. The lowest BCUT2D eigenvalue weighted by Gasteiger charge is -2.46. The first kappa shape index (κ1) is 15.4. The van der Waals surface area contributed by atoms with Gasteiger partial charge in [-0.2, -0.15) is 0 Å². The Morgan fingerprint density at radius 3 is 2.62 bits per heavy atom. The van der Waals surface area contributed by atoms with E-state index in [0.29, 0.717) is 24.6 Å². The number of hydrogen-bond acceptors (Lipinski definition) is 3. The third kappa shape index (κ3) is 2.72. The van der Waals surface area contributed by atoms with Crippen LogP contribution in [0.15, 0.2) is 54.6 Å². The fraction of sp³-hybridized carbons (Fsp3) is 0.350. The van der Waals surface area contributed by atoms with Crippen LogP contribution in [-0.2, 0) is 10.3 Å². The highest BCUT2D eigenvalue weighted by atomic mass is 16.5. The highest BCUT2D eigenvalue weighted by molar-refractivity contribution is 5.95. The Morgan fingerprint density at radius 1 is 1.12 bits per heavy atom. The number of β-amino-alcohol motifs (C(OH)–C–C–N with tert-alkyl or cyclic N) is 1. The summed E-state index contributed by atoms with van der Waals surface area (Å²) in [6.45, 7) is 2.20. The zero-order valence-electron chi connectivity index (χ0n) is 13.5. The molecule has 0 aromatic heterocycles. The number of carbonyl (C=O) groups excluding carboxylic acids is 1. The van der Waals surface area contributed by atoms with Crippen LogP contribution < -0.4 is 0 Å². The first-order chi connectivity index (χ1) is 11.7. The zero-order valence-corrected chi connectivity index (χ0v) is 13.5. The van der Waals surface area contributed by atoms with Crippen molar-refractivity contribution in [2.75, 3.05) is 26.3 Å². The number of hydrogen-bond donors (Lipinski definition) is 1. The van der Waals surface area contributed by atoms with E-state index >= 15 is 0 Å². The van der Waals surface area contributed by atoms with Crippen molar-refractivity contribution < 1.29 is 14.6 Å². The molecule has 4 heteroatoms. The molecule has 2 heterocycles. The molecule has 2 aliphatic rings. The van der Waals surface area contributed by atoms with Crippen molar-refractivity contribution in [3.8, 4) is 0 Å². The SMILES string of the molecule is O=C(c1cccc(C2CCOC2)c1)N1CC(O)(c2ccccc2)C1. The van der Waals surface area contributed by atoms with Crippen LogP contribution in [0.25, 0.3) is 0 Å². The van der Waals surface area contributed by atoms with Gasteiger partial charge in [0.05, 0.1) is 19.7 Å². The molecule has 124 valence electrons. The molecule has 2 fully saturated rings. The zero-order chi connectivity index (χ0) is 16.6. The van der Waals surface area contributed by atoms with Crippen molar-refractivity contribution in [3.05, 3.63) is 71.3 Å². The summed E-state index contributed by atoms with van der Waals surface area (Å²) in [5.41, 5.74) is 1.80. The number of amides is 1. The van der Waals surface area contributed by atoms with Crippen LogP contribution in [0, 0.1) is 0 Å². The van der Waals surface area contributed by atoms with E-state index in [2.05, 4.69) is 6.07 Å². The molecule has 1 atom stereocenters. The standard InChI is InChI=1S/C20H21NO3/c22-19(16-6-4-5-15(11-16)17-9-10-24-12-17)21-13-20(23,14-21)18-7-2-1-3-8-18/h1-8,11,17,23H,9-10,12-14H2. The molecule has 4 nitrogen and oxygen atoms in total. The third-order valence-electron chi connectivity index (χ3n) is 5.04. The molecule has 24 heavy (non-hydrogen) atoms. The van der Waals surface area contributed by atoms with E-state index < -0.39 is 5.60 Å². The summed E-state index contributed by atoms with van der Waals surface area (Å²) in [6, 6.07) is 17.4. The number of rotatable bonds is 3. The molecule has 2 aromatic rings. The fourth-order valence-corrected chi connectivity index (χ4v) is 3.57. The van der Waals surface area contributed by atoms with Crippen LogP contribution in [0.1, 0.15) is 33.8 Å². The minimum absolute atomic E-state index is 0.0172. The second-order valence-corrected chi connectivity index (χ2v) is 6.74. The minimum Gasteiger partial charge on any atom is -0.381 e. The molecule has 0 radical (unpaired) electrons. The Hall–Kier alpha value is -2.17. The molecule has 1 N–H and O–H groups in total. The van der Waals surface area contributed by atoms with Crippen LogP contribution in [0.2, 0.25) is 0 Å². The lowest BCUT2D eigenvalue weighted by atomic mass is 9.85. The summed E-state index contributed by atoms with van der Waals surface area (Å²) in [5, 5.41) is 10.7. The van der Waals surface area contributed by atoms with E-state index in [-0.39, 0.29) is 5.91 Å². The van der Waals surface area contributed by atoms with Gasteiger partial charge in [0.15, 0.2) is 0 Å². The molecule has 2 aromatic carbocycles. The Balaban J connectivity index is 1.47. The molecular weight excluding hydrogens is 302 g/mol. The van der Waals surface area contributed by atoms with E-state index in [1.54, 1.807) is 4.90 Å². The lowest BCUT2D eigenvalue weighted by Crippen LogP contribution is -2.61. The van der Waals surface area contributed by atoms with Crippen LogP contribution >= 0.6 is 0 Å². The van der Waals surface area contributed by atoms with Gasteiger partial charge in [0, 0.05) is 18.1 Å². The van der Waals surface area contributed by atoms with Crippen LogP contribution in [0.4, 0.5) is 0 Å².